The Morgan fingerprint density at radius 1 is 1.39 bits per heavy atom. The number of amides is 1. The van der Waals surface area contributed by atoms with Gasteiger partial charge >= 0.3 is 5.97 Å². The lowest BCUT2D eigenvalue weighted by Crippen LogP contribution is -2.63. The molecule has 1 amide bonds. The van der Waals surface area contributed by atoms with Crippen molar-refractivity contribution in [3.05, 3.63) is 0 Å². The quantitative estimate of drug-likeness (QED) is 0.404. The van der Waals surface area contributed by atoms with E-state index < -0.39 is 11.4 Å². The molecule has 1 saturated heterocycles. The molecule has 0 radical (unpaired) electrons. The van der Waals surface area contributed by atoms with Crippen LogP contribution >= 0.6 is 0 Å². The van der Waals surface area contributed by atoms with Gasteiger partial charge in [0.2, 0.25) is 5.91 Å². The van der Waals surface area contributed by atoms with Crippen LogP contribution in [-0.2, 0) is 19.1 Å². The van der Waals surface area contributed by atoms with Crippen LogP contribution in [0.15, 0.2) is 0 Å². The Kier molecular flexibility index (Phi) is 4.87. The highest BCUT2D eigenvalue weighted by Crippen LogP contribution is 2.30. The zero-order chi connectivity index (χ0) is 13.8. The van der Waals surface area contributed by atoms with Crippen LogP contribution in [0, 0.1) is 11.3 Å². The molecule has 1 fully saturated rings. The molecule has 0 bridgehead atoms. The van der Waals surface area contributed by atoms with Gasteiger partial charge in [-0.1, -0.05) is 20.3 Å². The third kappa shape index (κ3) is 3.09. The largest absolute Gasteiger partial charge is 0.468 e. The van der Waals surface area contributed by atoms with Crippen molar-refractivity contribution in [3.8, 4) is 0 Å². The summed E-state index contributed by atoms with van der Waals surface area (Å²) in [5.74, 6) is 0.0408. The van der Waals surface area contributed by atoms with Crippen molar-refractivity contribution in [2.24, 2.45) is 11.3 Å². The van der Waals surface area contributed by atoms with Gasteiger partial charge in [-0.3, -0.25) is 9.59 Å². The second-order valence-corrected chi connectivity index (χ2v) is 5.30. The van der Waals surface area contributed by atoms with Crippen LogP contribution < -0.4 is 0 Å². The van der Waals surface area contributed by atoms with Crippen LogP contribution in [0.25, 0.3) is 0 Å². The molecule has 0 spiro atoms. The number of carbonyl (C=O) groups is 3. The first-order valence-corrected chi connectivity index (χ1v) is 6.27. The molecule has 18 heavy (non-hydrogen) atoms. The fourth-order valence-corrected chi connectivity index (χ4v) is 2.09. The topological polar surface area (TPSA) is 63.7 Å². The number of nitrogens with zero attached hydrogens (tertiary/aromatic N) is 1. The number of hydrogen-bond acceptors (Lipinski definition) is 4. The molecule has 0 saturated carbocycles. The first-order valence-electron chi connectivity index (χ1n) is 6.27. The Bertz CT molecular complexity index is 332. The van der Waals surface area contributed by atoms with Crippen LogP contribution in [-0.4, -0.2) is 43.3 Å². The highest BCUT2D eigenvalue weighted by atomic mass is 16.5. The average molecular weight is 255 g/mol. The molecule has 0 aliphatic carbocycles. The molecule has 0 atom stereocenters. The molecule has 5 heteroatoms. The Morgan fingerprint density at radius 3 is 2.44 bits per heavy atom. The van der Waals surface area contributed by atoms with E-state index in [2.05, 4.69) is 18.6 Å². The summed E-state index contributed by atoms with van der Waals surface area (Å²) in [6, 6.07) is 0. The molecule has 1 aliphatic heterocycles. The molecular formula is C13H21NO4. The third-order valence-corrected chi connectivity index (χ3v) is 3.29. The van der Waals surface area contributed by atoms with Crippen molar-refractivity contribution in [2.75, 3.05) is 20.2 Å². The predicted molar refractivity (Wildman–Crippen MR) is 65.8 cm³/mol. The Morgan fingerprint density at radius 2 is 2.00 bits per heavy atom. The van der Waals surface area contributed by atoms with Gasteiger partial charge in [0.05, 0.1) is 7.11 Å². The summed E-state index contributed by atoms with van der Waals surface area (Å²) in [5.41, 5.74) is -1.12. The number of likely N-dealkylation sites (tertiary alicyclic amines) is 1. The van der Waals surface area contributed by atoms with Crippen LogP contribution in [0.2, 0.25) is 0 Å². The molecule has 0 aromatic rings. The maximum atomic E-state index is 11.8. The normalized spacial score (nSPS) is 17.2. The first kappa shape index (κ1) is 14.7. The van der Waals surface area contributed by atoms with E-state index in [1.165, 1.54) is 7.11 Å². The fraction of sp³-hybridized carbons (Fsp3) is 0.769. The molecule has 1 rings (SSSR count). The summed E-state index contributed by atoms with van der Waals surface area (Å²) >= 11 is 0. The molecule has 0 unspecified atom stereocenters. The van der Waals surface area contributed by atoms with E-state index in [4.69, 9.17) is 0 Å². The van der Waals surface area contributed by atoms with E-state index in [9.17, 15) is 14.4 Å². The summed E-state index contributed by atoms with van der Waals surface area (Å²) in [7, 11) is 1.25. The van der Waals surface area contributed by atoms with Gasteiger partial charge in [0.25, 0.3) is 0 Å². The van der Waals surface area contributed by atoms with E-state index in [1.807, 2.05) is 0 Å². The molecule has 5 nitrogen and oxygen atoms in total. The van der Waals surface area contributed by atoms with Crippen molar-refractivity contribution >= 4 is 18.2 Å². The lowest BCUT2D eigenvalue weighted by atomic mass is 9.81. The zero-order valence-electron chi connectivity index (χ0n) is 11.3. The minimum atomic E-state index is -1.12. The minimum absolute atomic E-state index is 0.0111. The molecule has 0 N–H and O–H groups in total. The number of rotatable bonds is 6. The average Bonchev–Trinajstić information content (AvgIpc) is 2.27. The van der Waals surface area contributed by atoms with E-state index in [0.717, 1.165) is 12.8 Å². The van der Waals surface area contributed by atoms with Crippen LogP contribution in [0.5, 0.6) is 0 Å². The van der Waals surface area contributed by atoms with Crippen LogP contribution in [0.3, 0.4) is 0 Å². The summed E-state index contributed by atoms with van der Waals surface area (Å²) in [6.07, 6.45) is 2.93. The number of hydrogen-bond donors (Lipinski definition) is 0. The number of esters is 1. The van der Waals surface area contributed by atoms with Gasteiger partial charge in [0, 0.05) is 19.5 Å². The number of aldehydes is 1. The second kappa shape index (κ2) is 5.98. The van der Waals surface area contributed by atoms with Crippen molar-refractivity contribution in [1.29, 1.82) is 0 Å². The molecule has 0 aromatic heterocycles. The molecule has 102 valence electrons. The van der Waals surface area contributed by atoms with E-state index in [1.54, 1.807) is 4.90 Å². The van der Waals surface area contributed by atoms with Gasteiger partial charge in [0.15, 0.2) is 5.41 Å². The number of ether oxygens (including phenoxy) is 1. The van der Waals surface area contributed by atoms with Gasteiger partial charge in [-0.25, -0.2) is 0 Å². The van der Waals surface area contributed by atoms with Gasteiger partial charge in [-0.05, 0) is 12.3 Å². The maximum Gasteiger partial charge on any atom is 0.322 e. The van der Waals surface area contributed by atoms with Crippen LogP contribution in [0.1, 0.15) is 33.1 Å². The second-order valence-electron chi connectivity index (χ2n) is 5.30. The molecular weight excluding hydrogens is 234 g/mol. The molecule has 1 aliphatic rings. The minimum Gasteiger partial charge on any atom is -0.468 e. The van der Waals surface area contributed by atoms with Crippen molar-refractivity contribution in [3.63, 3.8) is 0 Å². The monoisotopic (exact) mass is 255 g/mol. The molecule has 1 heterocycles. The Labute approximate surface area is 107 Å². The van der Waals surface area contributed by atoms with E-state index >= 15 is 0 Å². The van der Waals surface area contributed by atoms with Gasteiger partial charge in [-0.15, -0.1) is 0 Å². The van der Waals surface area contributed by atoms with E-state index in [-0.39, 0.29) is 19.0 Å². The van der Waals surface area contributed by atoms with Gasteiger partial charge in [0.1, 0.15) is 6.29 Å². The zero-order valence-corrected chi connectivity index (χ0v) is 11.3. The van der Waals surface area contributed by atoms with E-state index in [0.29, 0.717) is 18.6 Å². The summed E-state index contributed by atoms with van der Waals surface area (Å²) in [5, 5.41) is 0. The van der Waals surface area contributed by atoms with Crippen molar-refractivity contribution in [1.82, 2.24) is 4.90 Å². The van der Waals surface area contributed by atoms with Crippen molar-refractivity contribution in [2.45, 2.75) is 33.1 Å². The SMILES string of the molecule is COC(=O)C1(C=O)CN(C(=O)CCCC(C)C)C1. The smallest absolute Gasteiger partial charge is 0.322 e. The van der Waals surface area contributed by atoms with Gasteiger partial charge in [-0.2, -0.15) is 0 Å². The van der Waals surface area contributed by atoms with Crippen molar-refractivity contribution < 1.29 is 19.1 Å². The highest BCUT2D eigenvalue weighted by molar-refractivity contribution is 5.97. The number of carbonyl (C=O) groups excluding carboxylic acids is 3. The first-order chi connectivity index (χ1) is 8.45. The van der Waals surface area contributed by atoms with Crippen LogP contribution in [0.4, 0.5) is 0 Å². The Balaban J connectivity index is 2.38. The third-order valence-electron chi connectivity index (χ3n) is 3.29. The van der Waals surface area contributed by atoms with Gasteiger partial charge < -0.3 is 14.4 Å². The summed E-state index contributed by atoms with van der Waals surface area (Å²) in [6.45, 7) is 4.54. The standard InChI is InChI=1S/C13H21NO4/c1-10(2)5-4-6-11(16)14-7-13(8-14,9-15)12(17)18-3/h9-10H,4-8H2,1-3H3. The molecule has 0 aromatic carbocycles. The summed E-state index contributed by atoms with van der Waals surface area (Å²) in [4.78, 5) is 35.7. The number of methoxy groups -OCH3 is 1. The lowest BCUT2D eigenvalue weighted by Gasteiger charge is -2.44. The summed E-state index contributed by atoms with van der Waals surface area (Å²) < 4.78 is 4.58. The maximum absolute atomic E-state index is 11.8. The lowest BCUT2D eigenvalue weighted by molar-refractivity contribution is -0.169. The Hall–Kier alpha value is -1.39. The predicted octanol–water partition coefficient (Wildman–Crippen LogP) is 1.01. The fourth-order valence-electron chi connectivity index (χ4n) is 2.09. The highest BCUT2D eigenvalue weighted by Gasteiger charge is 2.52.